The van der Waals surface area contributed by atoms with Crippen molar-refractivity contribution in [2.75, 3.05) is 39.6 Å². The van der Waals surface area contributed by atoms with Crippen LogP contribution in [0.2, 0.25) is 0 Å². The molecule has 0 heterocycles. The number of unbranched alkanes of at least 4 members (excludes halogenated alkanes) is 57. The molecule has 108 heavy (non-hydrogen) atoms. The minimum Gasteiger partial charge on any atom is -0.462 e. The molecule has 0 aromatic carbocycles. The molecule has 19 heteroatoms. The molecule has 3 unspecified atom stereocenters. The minimum absolute atomic E-state index is 0.107. The zero-order valence-electron chi connectivity index (χ0n) is 71.2. The van der Waals surface area contributed by atoms with Crippen LogP contribution in [0.4, 0.5) is 0 Å². The lowest BCUT2D eigenvalue weighted by atomic mass is 9.99. The molecule has 0 aliphatic carbocycles. The lowest BCUT2D eigenvalue weighted by Gasteiger charge is -2.21. The number of carbonyl (C=O) groups is 4. The number of rotatable bonds is 88. The highest BCUT2D eigenvalue weighted by Crippen LogP contribution is 2.45. The third-order valence-corrected chi connectivity index (χ3v) is 23.2. The highest BCUT2D eigenvalue weighted by molar-refractivity contribution is 7.47. The van der Waals surface area contributed by atoms with E-state index in [-0.39, 0.29) is 25.7 Å². The van der Waals surface area contributed by atoms with Crippen molar-refractivity contribution in [3.63, 3.8) is 0 Å². The third kappa shape index (κ3) is 80.7. The Morgan fingerprint density at radius 3 is 0.704 bits per heavy atom. The molecule has 0 aromatic rings. The van der Waals surface area contributed by atoms with E-state index in [1.165, 1.54) is 295 Å². The minimum atomic E-state index is -4.97. The fourth-order valence-corrected chi connectivity index (χ4v) is 15.5. The molecular weight excluding hydrogens is 1400 g/mol. The lowest BCUT2D eigenvalue weighted by molar-refractivity contribution is -0.161. The van der Waals surface area contributed by atoms with Crippen molar-refractivity contribution in [1.29, 1.82) is 0 Å². The highest BCUT2D eigenvalue weighted by atomic mass is 31.2. The average Bonchev–Trinajstić information content (AvgIpc) is 0.900. The van der Waals surface area contributed by atoms with Crippen LogP contribution in [0.1, 0.15) is 478 Å². The van der Waals surface area contributed by atoms with Crippen LogP contribution in [-0.2, 0) is 65.4 Å². The molecular formula is C89H174O17P2. The van der Waals surface area contributed by atoms with Gasteiger partial charge in [0.2, 0.25) is 0 Å². The molecule has 0 aromatic heterocycles. The van der Waals surface area contributed by atoms with E-state index in [0.29, 0.717) is 25.7 Å². The average molecular weight is 1580 g/mol. The van der Waals surface area contributed by atoms with E-state index < -0.39 is 97.5 Å². The summed E-state index contributed by atoms with van der Waals surface area (Å²) in [5.74, 6) is -0.526. The molecule has 642 valence electrons. The second-order valence-electron chi connectivity index (χ2n) is 32.7. The highest BCUT2D eigenvalue weighted by Gasteiger charge is 2.31. The summed E-state index contributed by atoms with van der Waals surface area (Å²) in [6.45, 7) is 9.72. The zero-order valence-corrected chi connectivity index (χ0v) is 73.0. The van der Waals surface area contributed by atoms with E-state index in [9.17, 15) is 43.2 Å². The molecule has 0 aliphatic rings. The number of aliphatic hydroxyl groups is 1. The van der Waals surface area contributed by atoms with E-state index in [2.05, 4.69) is 41.5 Å². The lowest BCUT2D eigenvalue weighted by Crippen LogP contribution is -2.30. The summed E-state index contributed by atoms with van der Waals surface area (Å²) in [4.78, 5) is 73.4. The van der Waals surface area contributed by atoms with E-state index in [1.807, 2.05) is 0 Å². The van der Waals surface area contributed by atoms with E-state index in [1.54, 1.807) is 0 Å². The van der Waals surface area contributed by atoms with Gasteiger partial charge in [-0.3, -0.25) is 37.3 Å². The Kier molecular flexibility index (Phi) is 78.8. The van der Waals surface area contributed by atoms with Crippen molar-refractivity contribution in [2.45, 2.75) is 496 Å². The van der Waals surface area contributed by atoms with Crippen LogP contribution in [0.5, 0.6) is 0 Å². The first-order chi connectivity index (χ1) is 52.4. The maximum absolute atomic E-state index is 13.2. The monoisotopic (exact) mass is 1580 g/mol. The van der Waals surface area contributed by atoms with E-state index in [4.69, 9.17) is 37.0 Å². The van der Waals surface area contributed by atoms with Crippen molar-refractivity contribution in [1.82, 2.24) is 0 Å². The van der Waals surface area contributed by atoms with Gasteiger partial charge in [-0.1, -0.05) is 427 Å². The van der Waals surface area contributed by atoms with Gasteiger partial charge in [-0.2, -0.15) is 0 Å². The van der Waals surface area contributed by atoms with Crippen LogP contribution >= 0.6 is 15.6 Å². The molecule has 0 saturated carbocycles. The molecule has 3 N–H and O–H groups in total. The van der Waals surface area contributed by atoms with Crippen LogP contribution < -0.4 is 0 Å². The molecule has 6 atom stereocenters. The number of phosphoric ester groups is 2. The van der Waals surface area contributed by atoms with Gasteiger partial charge >= 0.3 is 39.5 Å². The Balaban J connectivity index is 5.26. The Morgan fingerprint density at radius 1 is 0.269 bits per heavy atom. The summed E-state index contributed by atoms with van der Waals surface area (Å²) in [5.41, 5.74) is 0. The van der Waals surface area contributed by atoms with Gasteiger partial charge in [0, 0.05) is 25.7 Å². The summed E-state index contributed by atoms with van der Waals surface area (Å²) in [7, 11) is -9.93. The number of hydrogen-bond donors (Lipinski definition) is 3. The number of hydrogen-bond acceptors (Lipinski definition) is 15. The van der Waals surface area contributed by atoms with Gasteiger partial charge < -0.3 is 33.8 Å². The molecule has 0 spiro atoms. The van der Waals surface area contributed by atoms with Gasteiger partial charge in [0.05, 0.1) is 26.4 Å². The number of carbonyl (C=O) groups excluding carboxylic acids is 4. The summed E-state index contributed by atoms with van der Waals surface area (Å²) < 4.78 is 69.0. The predicted molar refractivity (Wildman–Crippen MR) is 446 cm³/mol. The van der Waals surface area contributed by atoms with Crippen molar-refractivity contribution < 1.29 is 80.2 Å². The van der Waals surface area contributed by atoms with E-state index in [0.717, 1.165) is 102 Å². The molecule has 0 bridgehead atoms. The first kappa shape index (κ1) is 106. The Bertz CT molecular complexity index is 2070. The van der Waals surface area contributed by atoms with Gasteiger partial charge in [0.1, 0.15) is 19.3 Å². The van der Waals surface area contributed by atoms with Crippen LogP contribution in [0.15, 0.2) is 0 Å². The van der Waals surface area contributed by atoms with Crippen LogP contribution in [0.25, 0.3) is 0 Å². The van der Waals surface area contributed by atoms with Crippen molar-refractivity contribution >= 4 is 39.5 Å². The smallest absolute Gasteiger partial charge is 0.462 e. The van der Waals surface area contributed by atoms with Crippen molar-refractivity contribution in [3.8, 4) is 0 Å². The Labute approximate surface area is 664 Å². The quantitative estimate of drug-likeness (QED) is 0.0222. The van der Waals surface area contributed by atoms with Gasteiger partial charge in [-0.05, 0) is 37.5 Å². The fraction of sp³-hybridized carbons (Fsp3) is 0.955. The normalized spacial score (nSPS) is 14.0. The summed E-state index contributed by atoms with van der Waals surface area (Å²) >= 11 is 0. The molecule has 0 fully saturated rings. The van der Waals surface area contributed by atoms with Gasteiger partial charge in [-0.15, -0.1) is 0 Å². The second kappa shape index (κ2) is 80.3. The van der Waals surface area contributed by atoms with Gasteiger partial charge in [0.15, 0.2) is 12.2 Å². The zero-order chi connectivity index (χ0) is 79.2. The SMILES string of the molecule is CCCCCCCCCCCCCCCCCCCCCCC(=O)O[C@H](COC(=O)CCCCCCCCCCCCCCCCCCCCC)COP(=O)(O)OC[C@@H](O)COP(=O)(O)OC[C@@H](COC(=O)CCCCCCCCCCC(C)CC)OC(=O)CCCCCCCCCCCCCCCCC(C)C. The molecule has 0 saturated heterocycles. The fourth-order valence-electron chi connectivity index (χ4n) is 13.9. The third-order valence-electron chi connectivity index (χ3n) is 21.3. The number of ether oxygens (including phenoxy) is 4. The Hall–Kier alpha value is -1.94. The van der Waals surface area contributed by atoms with Crippen LogP contribution in [0, 0.1) is 11.8 Å². The van der Waals surface area contributed by atoms with Gasteiger partial charge in [0.25, 0.3) is 0 Å². The molecule has 0 rings (SSSR count). The van der Waals surface area contributed by atoms with Crippen molar-refractivity contribution in [2.24, 2.45) is 11.8 Å². The summed E-state index contributed by atoms with van der Waals surface area (Å²) in [5, 5.41) is 10.7. The standard InChI is InChI=1S/C89H174O17P2/c1-7-10-12-14-16-18-20-22-24-26-28-30-32-34-39-43-47-55-61-67-73-88(93)105-84(77-99-86(91)71-65-59-53-46-42-38-33-31-29-27-25-23-21-19-17-15-13-11-8-2)79-103-107(95,96)101-75-83(90)76-102-108(97,98)104-80-85(78-100-87(92)72-66-60-54-50-49-52-58-64-70-82(6)9-3)106-89(94)74-68-62-56-48-44-40-36-35-37-41-45-51-57-63-69-81(4)5/h81-85,90H,7-80H2,1-6H3,(H,95,96)(H,97,98)/t82?,83-,84-,85-/m1/s1. The Morgan fingerprint density at radius 2 is 0.472 bits per heavy atom. The number of aliphatic hydroxyl groups excluding tert-OH is 1. The topological polar surface area (TPSA) is 237 Å². The number of esters is 4. The maximum Gasteiger partial charge on any atom is 0.472 e. The van der Waals surface area contributed by atoms with E-state index >= 15 is 0 Å². The largest absolute Gasteiger partial charge is 0.472 e. The first-order valence-corrected chi connectivity index (χ1v) is 49.0. The molecule has 0 amide bonds. The van der Waals surface area contributed by atoms with Gasteiger partial charge in [-0.25, -0.2) is 9.13 Å². The predicted octanol–water partition coefficient (Wildman–Crippen LogP) is 27.4. The first-order valence-electron chi connectivity index (χ1n) is 46.0. The van der Waals surface area contributed by atoms with Crippen LogP contribution in [0.3, 0.4) is 0 Å². The molecule has 17 nitrogen and oxygen atoms in total. The molecule has 0 radical (unpaired) electrons. The number of phosphoric acid groups is 2. The van der Waals surface area contributed by atoms with Crippen molar-refractivity contribution in [3.05, 3.63) is 0 Å². The summed E-state index contributed by atoms with van der Waals surface area (Å²) in [6.07, 6.45) is 73.6. The maximum atomic E-state index is 13.2. The van der Waals surface area contributed by atoms with Crippen LogP contribution in [-0.4, -0.2) is 96.7 Å². The second-order valence-corrected chi connectivity index (χ2v) is 35.6. The summed E-state index contributed by atoms with van der Waals surface area (Å²) in [6, 6.07) is 0. The molecule has 0 aliphatic heterocycles.